The minimum atomic E-state index is -3.95. The maximum Gasteiger partial charge on any atom is 0.261 e. The number of carbonyl (C=O) groups excluding carboxylic acids is 2. The highest BCUT2D eigenvalue weighted by Gasteiger charge is 2.26. The Morgan fingerprint density at radius 1 is 1.00 bits per heavy atom. The Morgan fingerprint density at radius 2 is 1.60 bits per heavy atom. The third-order valence-corrected chi connectivity index (χ3v) is 6.45. The first kappa shape index (κ1) is 21.8. The van der Waals surface area contributed by atoms with Gasteiger partial charge < -0.3 is 9.80 Å². The lowest BCUT2D eigenvalue weighted by molar-refractivity contribution is -0.132. The number of carbonyl (C=O) groups is 2. The van der Waals surface area contributed by atoms with Gasteiger partial charge in [-0.3, -0.25) is 14.3 Å². The SMILES string of the molecule is CCC(=O)N1CCN(C(=O)c2cc(S(=O)(=O)Nc3ccc(F)cc3)ccc2C)CC1. The molecular weight excluding hydrogens is 409 g/mol. The minimum absolute atomic E-state index is 0.0539. The first-order valence-corrected chi connectivity index (χ1v) is 11.2. The number of nitrogens with one attached hydrogen (secondary N) is 1. The van der Waals surface area contributed by atoms with Crippen LogP contribution in [0.15, 0.2) is 47.4 Å². The summed E-state index contributed by atoms with van der Waals surface area (Å²) >= 11 is 0. The van der Waals surface area contributed by atoms with Crippen molar-refractivity contribution in [3.63, 3.8) is 0 Å². The summed E-state index contributed by atoms with van der Waals surface area (Å²) in [6, 6.07) is 9.33. The van der Waals surface area contributed by atoms with Gasteiger partial charge in [-0.15, -0.1) is 0 Å². The van der Waals surface area contributed by atoms with Crippen LogP contribution in [0, 0.1) is 12.7 Å². The number of sulfonamides is 1. The van der Waals surface area contributed by atoms with E-state index in [1.165, 1.54) is 24.3 Å². The van der Waals surface area contributed by atoms with Gasteiger partial charge in [-0.2, -0.15) is 0 Å². The highest BCUT2D eigenvalue weighted by molar-refractivity contribution is 7.92. The van der Waals surface area contributed by atoms with Gasteiger partial charge in [0.25, 0.3) is 15.9 Å². The third-order valence-electron chi connectivity index (χ3n) is 5.07. The van der Waals surface area contributed by atoms with E-state index >= 15 is 0 Å². The number of anilines is 1. The maximum absolute atomic E-state index is 13.1. The summed E-state index contributed by atoms with van der Waals surface area (Å²) in [5, 5.41) is 0. The third kappa shape index (κ3) is 4.79. The van der Waals surface area contributed by atoms with E-state index in [4.69, 9.17) is 0 Å². The molecule has 0 radical (unpaired) electrons. The monoisotopic (exact) mass is 433 g/mol. The molecule has 0 spiro atoms. The second-order valence-corrected chi connectivity index (χ2v) is 8.80. The number of rotatable bonds is 5. The van der Waals surface area contributed by atoms with Crippen molar-refractivity contribution < 1.29 is 22.4 Å². The van der Waals surface area contributed by atoms with Crippen molar-refractivity contribution >= 4 is 27.5 Å². The summed E-state index contributed by atoms with van der Waals surface area (Å²) in [5.41, 5.74) is 1.18. The lowest BCUT2D eigenvalue weighted by Crippen LogP contribution is -2.50. The van der Waals surface area contributed by atoms with Gasteiger partial charge in [0.2, 0.25) is 5.91 Å². The second-order valence-electron chi connectivity index (χ2n) is 7.12. The van der Waals surface area contributed by atoms with Crippen LogP contribution in [-0.2, 0) is 14.8 Å². The van der Waals surface area contributed by atoms with Crippen molar-refractivity contribution in [3.05, 3.63) is 59.4 Å². The summed E-state index contributed by atoms with van der Waals surface area (Å²) in [6.07, 6.45) is 0.425. The van der Waals surface area contributed by atoms with Crippen molar-refractivity contribution in [1.82, 2.24) is 9.80 Å². The van der Waals surface area contributed by atoms with Crippen LogP contribution >= 0.6 is 0 Å². The Kier molecular flexibility index (Phi) is 6.40. The van der Waals surface area contributed by atoms with Crippen LogP contribution in [0.3, 0.4) is 0 Å². The first-order valence-electron chi connectivity index (χ1n) is 9.67. The quantitative estimate of drug-likeness (QED) is 0.785. The predicted molar refractivity (Wildman–Crippen MR) is 111 cm³/mol. The molecule has 9 heteroatoms. The van der Waals surface area contributed by atoms with Gasteiger partial charge in [-0.1, -0.05) is 13.0 Å². The zero-order valence-electron chi connectivity index (χ0n) is 16.9. The van der Waals surface area contributed by atoms with E-state index in [1.54, 1.807) is 29.7 Å². The standard InChI is InChI=1S/C21H24FN3O4S/c1-3-20(26)24-10-12-25(13-11-24)21(27)19-14-18(9-4-15(19)2)30(28,29)23-17-7-5-16(22)6-8-17/h4-9,14,23H,3,10-13H2,1-2H3. The summed E-state index contributed by atoms with van der Waals surface area (Å²) in [7, 11) is -3.95. The lowest BCUT2D eigenvalue weighted by Gasteiger charge is -2.35. The molecule has 160 valence electrons. The number of hydrogen-bond donors (Lipinski definition) is 1. The van der Waals surface area contributed by atoms with Crippen LogP contribution in [0.4, 0.5) is 10.1 Å². The normalized spacial score (nSPS) is 14.5. The molecule has 2 amide bonds. The molecule has 1 aliphatic rings. The molecule has 0 bridgehead atoms. The lowest BCUT2D eigenvalue weighted by atomic mass is 10.1. The van der Waals surface area contributed by atoms with E-state index in [9.17, 15) is 22.4 Å². The van der Waals surface area contributed by atoms with Crippen molar-refractivity contribution in [2.45, 2.75) is 25.2 Å². The predicted octanol–water partition coefficient (Wildman–Crippen LogP) is 2.63. The molecule has 0 unspecified atom stereocenters. The van der Waals surface area contributed by atoms with Gasteiger partial charge >= 0.3 is 0 Å². The molecule has 2 aromatic rings. The number of aryl methyl sites for hydroxylation is 1. The first-order chi connectivity index (χ1) is 14.2. The summed E-state index contributed by atoms with van der Waals surface area (Å²) in [4.78, 5) is 28.1. The number of benzene rings is 2. The van der Waals surface area contributed by atoms with Crippen molar-refractivity contribution in [2.24, 2.45) is 0 Å². The Hall–Kier alpha value is -2.94. The highest BCUT2D eigenvalue weighted by Crippen LogP contribution is 2.21. The Bertz CT molecular complexity index is 1050. The fourth-order valence-corrected chi connectivity index (χ4v) is 4.37. The average Bonchev–Trinajstić information content (AvgIpc) is 2.74. The molecule has 0 aliphatic carbocycles. The molecule has 1 fully saturated rings. The van der Waals surface area contributed by atoms with Crippen LogP contribution in [-0.4, -0.2) is 56.2 Å². The van der Waals surface area contributed by atoms with Gasteiger partial charge in [-0.05, 0) is 48.9 Å². The van der Waals surface area contributed by atoms with Crippen molar-refractivity contribution in [1.29, 1.82) is 0 Å². The Morgan fingerprint density at radius 3 is 2.20 bits per heavy atom. The van der Waals surface area contributed by atoms with E-state index < -0.39 is 15.8 Å². The summed E-state index contributed by atoms with van der Waals surface area (Å²) < 4.78 is 40.9. The molecule has 0 atom stereocenters. The fourth-order valence-electron chi connectivity index (χ4n) is 3.28. The van der Waals surface area contributed by atoms with Gasteiger partial charge in [-0.25, -0.2) is 12.8 Å². The van der Waals surface area contributed by atoms with Crippen LogP contribution in [0.1, 0.15) is 29.3 Å². The van der Waals surface area contributed by atoms with Gasteiger partial charge in [0, 0.05) is 43.9 Å². The van der Waals surface area contributed by atoms with Crippen LogP contribution in [0.5, 0.6) is 0 Å². The molecule has 7 nitrogen and oxygen atoms in total. The minimum Gasteiger partial charge on any atom is -0.339 e. The fraction of sp³-hybridized carbons (Fsp3) is 0.333. The van der Waals surface area contributed by atoms with Gasteiger partial charge in [0.05, 0.1) is 4.90 Å². The van der Waals surface area contributed by atoms with Crippen LogP contribution < -0.4 is 4.72 Å². The molecule has 3 rings (SSSR count). The number of hydrogen-bond acceptors (Lipinski definition) is 4. The van der Waals surface area contributed by atoms with Crippen LogP contribution in [0.25, 0.3) is 0 Å². The molecule has 2 aromatic carbocycles. The smallest absolute Gasteiger partial charge is 0.261 e. The van der Waals surface area contributed by atoms with E-state index in [0.29, 0.717) is 43.7 Å². The van der Waals surface area contributed by atoms with E-state index in [0.717, 1.165) is 12.1 Å². The Labute approximate surface area is 175 Å². The van der Waals surface area contributed by atoms with E-state index in [1.807, 2.05) is 0 Å². The number of nitrogens with zero attached hydrogens (tertiary/aromatic N) is 2. The number of halogens is 1. The topological polar surface area (TPSA) is 86.8 Å². The average molecular weight is 434 g/mol. The van der Waals surface area contributed by atoms with Gasteiger partial charge in [0.15, 0.2) is 0 Å². The summed E-state index contributed by atoms with van der Waals surface area (Å²) in [5.74, 6) is -0.685. The number of amides is 2. The molecule has 1 saturated heterocycles. The van der Waals surface area contributed by atoms with Gasteiger partial charge in [0.1, 0.15) is 5.82 Å². The van der Waals surface area contributed by atoms with E-state index in [-0.39, 0.29) is 22.4 Å². The number of piperazine rings is 1. The van der Waals surface area contributed by atoms with Crippen molar-refractivity contribution in [2.75, 3.05) is 30.9 Å². The second kappa shape index (κ2) is 8.83. The molecule has 30 heavy (non-hydrogen) atoms. The molecule has 1 N–H and O–H groups in total. The molecule has 1 heterocycles. The Balaban J connectivity index is 1.78. The highest BCUT2D eigenvalue weighted by atomic mass is 32.2. The molecule has 1 aliphatic heterocycles. The zero-order valence-corrected chi connectivity index (χ0v) is 17.7. The summed E-state index contributed by atoms with van der Waals surface area (Å²) in [6.45, 7) is 5.26. The van der Waals surface area contributed by atoms with Crippen molar-refractivity contribution in [3.8, 4) is 0 Å². The molecule has 0 saturated carbocycles. The largest absolute Gasteiger partial charge is 0.339 e. The molecular formula is C21H24FN3O4S. The van der Waals surface area contributed by atoms with E-state index in [2.05, 4.69) is 4.72 Å². The van der Waals surface area contributed by atoms with Crippen LogP contribution in [0.2, 0.25) is 0 Å². The maximum atomic E-state index is 13.1. The zero-order chi connectivity index (χ0) is 21.9. The molecule has 0 aromatic heterocycles.